The smallest absolute Gasteiger partial charge is 0.225 e. The second-order valence-electron chi connectivity index (χ2n) is 8.96. The monoisotopic (exact) mass is 505 g/mol. The summed E-state index contributed by atoms with van der Waals surface area (Å²) in [6.45, 7) is 8.08. The highest BCUT2D eigenvalue weighted by Gasteiger charge is 2.27. The molecule has 36 heavy (non-hydrogen) atoms. The lowest BCUT2D eigenvalue weighted by atomic mass is 9.97. The molecule has 0 radical (unpaired) electrons. The molecule has 1 N–H and O–H groups in total. The van der Waals surface area contributed by atoms with Crippen LogP contribution in [0.3, 0.4) is 0 Å². The van der Waals surface area contributed by atoms with Crippen molar-refractivity contribution in [3.8, 4) is 11.8 Å². The number of nitrogens with zero attached hydrogens (tertiary/aromatic N) is 4. The largest absolute Gasteiger partial charge is 0.494 e. The normalized spacial score (nSPS) is 13.6. The number of nitriles is 1. The van der Waals surface area contributed by atoms with Gasteiger partial charge in [0.25, 0.3) is 0 Å². The van der Waals surface area contributed by atoms with Crippen LogP contribution in [0.5, 0.6) is 5.75 Å². The lowest BCUT2D eigenvalue weighted by molar-refractivity contribution is -0.132. The van der Waals surface area contributed by atoms with Crippen LogP contribution in [-0.4, -0.2) is 39.4 Å². The molecule has 3 aromatic rings. The van der Waals surface area contributed by atoms with Gasteiger partial charge in [0.15, 0.2) is 0 Å². The molecule has 0 aliphatic carbocycles. The molecule has 0 saturated heterocycles. The van der Waals surface area contributed by atoms with Crippen molar-refractivity contribution in [2.75, 3.05) is 18.5 Å². The van der Waals surface area contributed by atoms with Gasteiger partial charge in [-0.1, -0.05) is 19.1 Å². The van der Waals surface area contributed by atoms with E-state index in [4.69, 9.17) is 4.74 Å². The topological polar surface area (TPSA) is 100 Å². The highest BCUT2D eigenvalue weighted by molar-refractivity contribution is 7.16. The molecule has 9 heteroatoms. The van der Waals surface area contributed by atoms with E-state index < -0.39 is 0 Å². The van der Waals surface area contributed by atoms with E-state index in [2.05, 4.69) is 16.4 Å². The fraction of sp³-hybridized carbons (Fsp3) is 0.407. The Labute approximate surface area is 215 Å². The number of nitrogens with one attached hydrogen (secondary N) is 1. The molecule has 4 rings (SSSR count). The molecule has 188 valence electrons. The zero-order chi connectivity index (χ0) is 25.7. The molecule has 1 aliphatic heterocycles. The molecule has 0 bridgehead atoms. The number of carbonyl (C=O) groups is 2. The van der Waals surface area contributed by atoms with Crippen LogP contribution in [0.4, 0.5) is 5.00 Å². The van der Waals surface area contributed by atoms with Crippen molar-refractivity contribution >= 4 is 28.2 Å². The minimum absolute atomic E-state index is 0.00206. The van der Waals surface area contributed by atoms with Crippen molar-refractivity contribution in [1.82, 2.24) is 14.5 Å². The Balaban J connectivity index is 1.38. The van der Waals surface area contributed by atoms with Crippen LogP contribution in [-0.2, 0) is 29.1 Å². The standard InChI is InChI=1S/C27H31N5O3S/c1-4-35-21-7-5-6-20(15-21)18(2)14-25(33)30-27-23(16-28)22-8-11-32(17-24(22)36-27)26(34)9-12-31-13-10-29-19(31)3/h5-7,10,13,15,18H,4,8-9,11-12,14,17H2,1-3H3,(H,30,33)/t18-/m0/s1. The molecular weight excluding hydrogens is 474 g/mol. The Kier molecular flexibility index (Phi) is 8.06. The highest BCUT2D eigenvalue weighted by Crippen LogP contribution is 2.37. The number of ether oxygens (including phenoxy) is 1. The Morgan fingerprint density at radius 1 is 1.36 bits per heavy atom. The summed E-state index contributed by atoms with van der Waals surface area (Å²) < 4.78 is 7.54. The summed E-state index contributed by atoms with van der Waals surface area (Å²) in [6.07, 6.45) is 4.91. The summed E-state index contributed by atoms with van der Waals surface area (Å²) in [6, 6.07) is 10.1. The van der Waals surface area contributed by atoms with Gasteiger partial charge in [0.2, 0.25) is 11.8 Å². The number of imidazole rings is 1. The van der Waals surface area contributed by atoms with Crippen molar-refractivity contribution in [3.63, 3.8) is 0 Å². The summed E-state index contributed by atoms with van der Waals surface area (Å²) in [7, 11) is 0. The van der Waals surface area contributed by atoms with Gasteiger partial charge in [-0.15, -0.1) is 11.3 Å². The van der Waals surface area contributed by atoms with Crippen molar-refractivity contribution in [1.29, 1.82) is 5.26 Å². The van der Waals surface area contributed by atoms with Crippen LogP contribution in [0.15, 0.2) is 36.7 Å². The SMILES string of the molecule is CCOc1cccc([C@@H](C)CC(=O)Nc2sc3c(c2C#N)CCN(C(=O)CCn2ccnc2C)C3)c1. The van der Waals surface area contributed by atoms with E-state index in [1.54, 1.807) is 6.20 Å². The minimum atomic E-state index is -0.136. The van der Waals surface area contributed by atoms with E-state index in [1.165, 1.54) is 11.3 Å². The number of rotatable bonds is 9. The molecule has 0 unspecified atom stereocenters. The number of amides is 2. The predicted octanol–water partition coefficient (Wildman–Crippen LogP) is 4.63. The van der Waals surface area contributed by atoms with E-state index in [0.717, 1.165) is 27.6 Å². The van der Waals surface area contributed by atoms with Gasteiger partial charge in [0.05, 0.1) is 18.7 Å². The van der Waals surface area contributed by atoms with E-state index >= 15 is 0 Å². The van der Waals surface area contributed by atoms with Crippen LogP contribution >= 0.6 is 11.3 Å². The van der Waals surface area contributed by atoms with E-state index in [9.17, 15) is 14.9 Å². The van der Waals surface area contributed by atoms with Crippen molar-refractivity contribution in [2.45, 2.75) is 59.0 Å². The molecule has 1 atom stereocenters. The van der Waals surface area contributed by atoms with Crippen LogP contribution in [0.1, 0.15) is 60.0 Å². The first kappa shape index (κ1) is 25.5. The highest BCUT2D eigenvalue weighted by atomic mass is 32.1. The molecule has 2 amide bonds. The van der Waals surface area contributed by atoms with Gasteiger partial charge in [0, 0.05) is 43.2 Å². The number of aryl methyl sites for hydroxylation is 2. The molecule has 0 fully saturated rings. The Bertz CT molecular complexity index is 1290. The van der Waals surface area contributed by atoms with E-state index in [1.807, 2.05) is 60.7 Å². The fourth-order valence-corrected chi connectivity index (χ4v) is 5.72. The number of hydrogen-bond donors (Lipinski definition) is 1. The second-order valence-corrected chi connectivity index (χ2v) is 10.1. The third kappa shape index (κ3) is 5.77. The van der Waals surface area contributed by atoms with Crippen LogP contribution in [0, 0.1) is 18.3 Å². The Morgan fingerprint density at radius 2 is 2.19 bits per heavy atom. The van der Waals surface area contributed by atoms with Gasteiger partial charge in [-0.3, -0.25) is 9.59 Å². The zero-order valence-corrected chi connectivity index (χ0v) is 21.7. The lowest BCUT2D eigenvalue weighted by Gasteiger charge is -2.27. The number of aromatic nitrogens is 2. The molecule has 3 heterocycles. The molecule has 8 nitrogen and oxygen atoms in total. The maximum atomic E-state index is 12.9. The van der Waals surface area contributed by atoms with Crippen molar-refractivity contribution in [2.24, 2.45) is 0 Å². The summed E-state index contributed by atoms with van der Waals surface area (Å²) in [4.78, 5) is 32.7. The third-order valence-electron chi connectivity index (χ3n) is 6.49. The Morgan fingerprint density at radius 3 is 2.92 bits per heavy atom. The number of hydrogen-bond acceptors (Lipinski definition) is 6. The van der Waals surface area contributed by atoms with E-state index in [-0.39, 0.29) is 17.7 Å². The molecule has 2 aromatic heterocycles. The first-order chi connectivity index (χ1) is 17.4. The molecule has 0 spiro atoms. The average molecular weight is 506 g/mol. The van der Waals surface area contributed by atoms with Crippen LogP contribution in [0.2, 0.25) is 0 Å². The van der Waals surface area contributed by atoms with Crippen LogP contribution < -0.4 is 10.1 Å². The zero-order valence-electron chi connectivity index (χ0n) is 20.9. The lowest BCUT2D eigenvalue weighted by Crippen LogP contribution is -2.35. The van der Waals surface area contributed by atoms with Crippen LogP contribution in [0.25, 0.3) is 0 Å². The summed E-state index contributed by atoms with van der Waals surface area (Å²) >= 11 is 1.40. The minimum Gasteiger partial charge on any atom is -0.494 e. The fourth-order valence-electron chi connectivity index (χ4n) is 4.49. The molecular formula is C27H31N5O3S. The first-order valence-electron chi connectivity index (χ1n) is 12.2. The maximum Gasteiger partial charge on any atom is 0.225 e. The quantitative estimate of drug-likeness (QED) is 0.457. The van der Waals surface area contributed by atoms with Crippen molar-refractivity contribution < 1.29 is 14.3 Å². The first-order valence-corrected chi connectivity index (χ1v) is 13.0. The van der Waals surface area contributed by atoms with Crippen molar-refractivity contribution in [3.05, 3.63) is 64.1 Å². The number of fused-ring (bicyclic) bond motifs is 1. The second kappa shape index (κ2) is 11.4. The Hall–Kier alpha value is -3.64. The van der Waals surface area contributed by atoms with Gasteiger partial charge in [-0.25, -0.2) is 4.98 Å². The number of anilines is 1. The molecule has 1 aliphatic rings. The summed E-state index contributed by atoms with van der Waals surface area (Å²) in [5.74, 6) is 1.62. The third-order valence-corrected chi connectivity index (χ3v) is 7.63. The summed E-state index contributed by atoms with van der Waals surface area (Å²) in [5, 5.41) is 13.4. The maximum absolute atomic E-state index is 12.9. The van der Waals surface area contributed by atoms with Gasteiger partial charge >= 0.3 is 0 Å². The average Bonchev–Trinajstić information content (AvgIpc) is 3.44. The number of thiophene rings is 1. The molecule has 0 saturated carbocycles. The predicted molar refractivity (Wildman–Crippen MR) is 139 cm³/mol. The summed E-state index contributed by atoms with van der Waals surface area (Å²) in [5.41, 5.74) is 2.50. The van der Waals surface area contributed by atoms with Gasteiger partial charge < -0.3 is 19.5 Å². The number of carbonyl (C=O) groups excluding carboxylic acids is 2. The van der Waals surface area contributed by atoms with Gasteiger partial charge in [0.1, 0.15) is 22.6 Å². The number of benzene rings is 1. The van der Waals surface area contributed by atoms with Gasteiger partial charge in [-0.05, 0) is 49.4 Å². The van der Waals surface area contributed by atoms with Gasteiger partial charge in [-0.2, -0.15) is 5.26 Å². The van der Waals surface area contributed by atoms with E-state index in [0.29, 0.717) is 56.1 Å². The molecule has 1 aromatic carbocycles.